The largest absolute Gasteiger partial charge is 0.451 e. The first-order chi connectivity index (χ1) is 14.8. The van der Waals surface area contributed by atoms with Crippen LogP contribution in [0, 0.1) is 33.3 Å². The zero-order valence-corrected chi connectivity index (χ0v) is 17.5. The first-order valence-electron chi connectivity index (χ1n) is 10.8. The van der Waals surface area contributed by atoms with Crippen LogP contribution in [0.15, 0.2) is 24.3 Å². The molecule has 4 aliphatic rings. The zero-order valence-electron chi connectivity index (χ0n) is 17.5. The summed E-state index contributed by atoms with van der Waals surface area (Å²) in [6.45, 7) is 1.08. The van der Waals surface area contributed by atoms with Gasteiger partial charge in [-0.2, -0.15) is 0 Å². The Morgan fingerprint density at radius 2 is 1.71 bits per heavy atom. The van der Waals surface area contributed by atoms with Crippen LogP contribution in [0.2, 0.25) is 0 Å². The van der Waals surface area contributed by atoms with Crippen molar-refractivity contribution in [3.05, 3.63) is 34.4 Å². The number of benzene rings is 1. The zero-order chi connectivity index (χ0) is 22.2. The van der Waals surface area contributed by atoms with Crippen LogP contribution in [0.3, 0.4) is 0 Å². The number of nitrogens with one attached hydrogen (secondary N) is 2. The van der Waals surface area contributed by atoms with Gasteiger partial charge in [0.2, 0.25) is 5.91 Å². The molecule has 1 aromatic rings. The van der Waals surface area contributed by atoms with Gasteiger partial charge in [-0.3, -0.25) is 24.5 Å². The van der Waals surface area contributed by atoms with Gasteiger partial charge in [-0.1, -0.05) is 12.1 Å². The van der Waals surface area contributed by atoms with Gasteiger partial charge in [-0.15, -0.1) is 0 Å². The summed E-state index contributed by atoms with van der Waals surface area (Å²) in [4.78, 5) is 47.8. The number of carbonyl (C=O) groups excluding carboxylic acids is 3. The Morgan fingerprint density at radius 1 is 1.13 bits per heavy atom. The van der Waals surface area contributed by atoms with Crippen LogP contribution in [0.1, 0.15) is 45.4 Å². The second-order valence-electron chi connectivity index (χ2n) is 9.28. The Morgan fingerprint density at radius 3 is 2.29 bits per heavy atom. The molecule has 9 heteroatoms. The highest BCUT2D eigenvalue weighted by Gasteiger charge is 2.54. The van der Waals surface area contributed by atoms with Crippen molar-refractivity contribution < 1.29 is 24.0 Å². The number of nitro groups is 1. The number of anilines is 1. The van der Waals surface area contributed by atoms with Gasteiger partial charge in [0.05, 0.1) is 4.92 Å². The van der Waals surface area contributed by atoms with Crippen molar-refractivity contribution in [2.75, 3.05) is 11.9 Å². The van der Waals surface area contributed by atoms with E-state index in [1.54, 1.807) is 6.07 Å². The highest BCUT2D eigenvalue weighted by atomic mass is 16.6. The second-order valence-corrected chi connectivity index (χ2v) is 9.28. The number of rotatable bonds is 7. The standard InChI is InChI=1S/C22H27N3O6/c1-13(20(27)24-17-4-2-3-5-18(17)25(29)30)31-19(26)12-23-21(28)22-9-14-6-15(10-22)8-16(7-14)11-22/h2-5,13-16H,6-12H2,1H3,(H,23,28)(H,24,27). The minimum Gasteiger partial charge on any atom is -0.451 e. The Kier molecular flexibility index (Phi) is 5.68. The van der Waals surface area contributed by atoms with Crippen molar-refractivity contribution in [3.63, 3.8) is 0 Å². The molecule has 0 saturated heterocycles. The minimum atomic E-state index is -1.16. The first kappa shape index (κ1) is 21.3. The van der Waals surface area contributed by atoms with Crippen LogP contribution in [-0.2, 0) is 19.1 Å². The third kappa shape index (κ3) is 4.40. The molecule has 4 bridgehead atoms. The summed E-state index contributed by atoms with van der Waals surface area (Å²) in [5.41, 5.74) is -0.586. The van der Waals surface area contributed by atoms with E-state index in [0.29, 0.717) is 17.8 Å². The van der Waals surface area contributed by atoms with E-state index in [2.05, 4.69) is 10.6 Å². The van der Waals surface area contributed by atoms with Crippen molar-refractivity contribution in [2.45, 2.75) is 51.6 Å². The van der Waals surface area contributed by atoms with Gasteiger partial charge in [0, 0.05) is 11.5 Å². The number of amides is 2. The number of hydrogen-bond acceptors (Lipinski definition) is 6. The average Bonchev–Trinajstić information content (AvgIpc) is 2.71. The van der Waals surface area contributed by atoms with Crippen molar-refractivity contribution in [1.29, 1.82) is 0 Å². The van der Waals surface area contributed by atoms with Gasteiger partial charge in [0.15, 0.2) is 6.10 Å². The summed E-state index contributed by atoms with van der Waals surface area (Å²) in [5.74, 6) is 0.373. The van der Waals surface area contributed by atoms with Gasteiger partial charge in [0.1, 0.15) is 12.2 Å². The van der Waals surface area contributed by atoms with Crippen molar-refractivity contribution in [3.8, 4) is 0 Å². The molecule has 4 saturated carbocycles. The van der Waals surface area contributed by atoms with Crippen LogP contribution < -0.4 is 10.6 Å². The number of ether oxygens (including phenoxy) is 1. The van der Waals surface area contributed by atoms with Gasteiger partial charge >= 0.3 is 5.97 Å². The molecule has 0 aliphatic heterocycles. The molecule has 31 heavy (non-hydrogen) atoms. The summed E-state index contributed by atoms with van der Waals surface area (Å²) in [7, 11) is 0. The smallest absolute Gasteiger partial charge is 0.326 e. The lowest BCUT2D eigenvalue weighted by molar-refractivity contribution is -0.383. The van der Waals surface area contributed by atoms with E-state index in [1.807, 2.05) is 0 Å². The molecule has 1 aromatic carbocycles. The predicted octanol–water partition coefficient (Wildman–Crippen LogP) is 2.80. The highest BCUT2D eigenvalue weighted by Crippen LogP contribution is 2.60. The molecule has 1 unspecified atom stereocenters. The first-order valence-corrected chi connectivity index (χ1v) is 10.8. The number of esters is 1. The fourth-order valence-electron chi connectivity index (χ4n) is 5.99. The third-order valence-corrected chi connectivity index (χ3v) is 6.95. The lowest BCUT2D eigenvalue weighted by atomic mass is 9.49. The fraction of sp³-hybridized carbons (Fsp3) is 0.591. The molecule has 4 fully saturated rings. The van der Waals surface area contributed by atoms with Crippen molar-refractivity contribution in [1.82, 2.24) is 5.32 Å². The molecule has 2 amide bonds. The molecule has 2 N–H and O–H groups in total. The monoisotopic (exact) mass is 429 g/mol. The summed E-state index contributed by atoms with van der Waals surface area (Å²) < 4.78 is 5.12. The van der Waals surface area contributed by atoms with Crippen LogP contribution in [0.4, 0.5) is 11.4 Å². The Hall–Kier alpha value is -2.97. The minimum absolute atomic E-state index is 0.0236. The van der Waals surface area contributed by atoms with Gasteiger partial charge < -0.3 is 15.4 Å². The van der Waals surface area contributed by atoms with E-state index < -0.39 is 22.9 Å². The Balaban J connectivity index is 1.27. The Bertz CT molecular complexity index is 879. The molecule has 166 valence electrons. The summed E-state index contributed by atoms with van der Waals surface area (Å²) in [6.07, 6.45) is 5.20. The van der Waals surface area contributed by atoms with Gasteiger partial charge in [0.25, 0.3) is 11.6 Å². The van der Waals surface area contributed by atoms with Crippen LogP contribution >= 0.6 is 0 Å². The van der Waals surface area contributed by atoms with E-state index in [1.165, 1.54) is 44.4 Å². The average molecular weight is 429 g/mol. The number of nitro benzene ring substituents is 1. The van der Waals surface area contributed by atoms with E-state index >= 15 is 0 Å². The lowest BCUT2D eigenvalue weighted by Gasteiger charge is -2.55. The molecule has 4 aliphatic carbocycles. The van der Waals surface area contributed by atoms with E-state index in [-0.39, 0.29) is 29.2 Å². The topological polar surface area (TPSA) is 128 Å². The summed E-state index contributed by atoms with van der Waals surface area (Å²) in [6, 6.07) is 5.71. The number of nitrogens with zero attached hydrogens (tertiary/aromatic N) is 1. The maximum absolute atomic E-state index is 12.9. The van der Waals surface area contributed by atoms with Crippen LogP contribution in [0.5, 0.6) is 0 Å². The van der Waals surface area contributed by atoms with Crippen LogP contribution in [0.25, 0.3) is 0 Å². The SMILES string of the molecule is CC(OC(=O)CNC(=O)C12CC3CC(CC(C3)C1)C2)C(=O)Nc1ccccc1[N+](=O)[O-]. The Labute approximate surface area is 180 Å². The highest BCUT2D eigenvalue weighted by molar-refractivity contribution is 5.97. The summed E-state index contributed by atoms with van der Waals surface area (Å²) in [5, 5.41) is 16.2. The van der Waals surface area contributed by atoms with E-state index in [9.17, 15) is 24.5 Å². The normalized spacial score (nSPS) is 29.1. The number of hydrogen-bond donors (Lipinski definition) is 2. The summed E-state index contributed by atoms with van der Waals surface area (Å²) >= 11 is 0. The molecule has 0 radical (unpaired) electrons. The molecule has 0 aromatic heterocycles. The maximum atomic E-state index is 12.9. The third-order valence-electron chi connectivity index (χ3n) is 6.95. The van der Waals surface area contributed by atoms with E-state index in [0.717, 1.165) is 19.3 Å². The molecular formula is C22H27N3O6. The van der Waals surface area contributed by atoms with Gasteiger partial charge in [-0.05, 0) is 69.3 Å². The second kappa shape index (κ2) is 8.28. The maximum Gasteiger partial charge on any atom is 0.326 e. The number of carbonyl (C=O) groups is 3. The predicted molar refractivity (Wildman–Crippen MR) is 111 cm³/mol. The molecule has 0 spiro atoms. The number of para-hydroxylation sites is 2. The van der Waals surface area contributed by atoms with Gasteiger partial charge in [-0.25, -0.2) is 0 Å². The van der Waals surface area contributed by atoms with Crippen molar-refractivity contribution in [2.24, 2.45) is 23.2 Å². The molecule has 0 heterocycles. The van der Waals surface area contributed by atoms with E-state index in [4.69, 9.17) is 4.74 Å². The quantitative estimate of drug-likeness (QED) is 0.390. The molecular weight excluding hydrogens is 402 g/mol. The fourth-order valence-corrected chi connectivity index (χ4v) is 5.99. The lowest BCUT2D eigenvalue weighted by Crippen LogP contribution is -2.54. The molecule has 1 atom stereocenters. The molecule has 9 nitrogen and oxygen atoms in total. The van der Waals surface area contributed by atoms with Crippen LogP contribution in [-0.4, -0.2) is 35.4 Å². The molecule has 5 rings (SSSR count). The van der Waals surface area contributed by atoms with Crippen molar-refractivity contribution >= 4 is 29.2 Å².